The number of halogens is 1. The normalized spacial score (nSPS) is 12.6. The second-order valence-corrected chi connectivity index (χ2v) is 5.16. The van der Waals surface area contributed by atoms with Crippen LogP contribution in [0.1, 0.15) is 29.9 Å². The molecule has 18 heavy (non-hydrogen) atoms. The van der Waals surface area contributed by atoms with E-state index in [1.807, 2.05) is 12.1 Å². The molecule has 1 aromatic heterocycles. The van der Waals surface area contributed by atoms with E-state index in [-0.39, 0.29) is 6.04 Å². The van der Waals surface area contributed by atoms with Crippen molar-refractivity contribution in [1.82, 2.24) is 5.32 Å². The topological polar surface area (TPSA) is 25.2 Å². The fourth-order valence-corrected chi connectivity index (χ4v) is 2.65. The Morgan fingerprint density at radius 1 is 1.28 bits per heavy atom. The quantitative estimate of drug-likeness (QED) is 0.893. The van der Waals surface area contributed by atoms with Gasteiger partial charge in [-0.25, -0.2) is 0 Å². The monoisotopic (exact) mass is 307 g/mol. The van der Waals surface area contributed by atoms with E-state index < -0.39 is 0 Å². The highest BCUT2D eigenvalue weighted by Gasteiger charge is 2.16. The van der Waals surface area contributed by atoms with Gasteiger partial charge in [0.05, 0.1) is 6.26 Å². The molecule has 0 amide bonds. The zero-order valence-electron chi connectivity index (χ0n) is 10.7. The molecule has 96 valence electrons. The Bertz CT molecular complexity index is 493. The lowest BCUT2D eigenvalue weighted by molar-refractivity contribution is 0.454. The summed E-state index contributed by atoms with van der Waals surface area (Å²) in [6.45, 7) is 5.17. The second kappa shape index (κ2) is 6.21. The first-order chi connectivity index (χ1) is 8.72. The summed E-state index contributed by atoms with van der Waals surface area (Å²) in [5, 5.41) is 3.52. The fraction of sp³-hybridized carbons (Fsp3) is 0.333. The van der Waals surface area contributed by atoms with E-state index >= 15 is 0 Å². The first kappa shape index (κ1) is 13.4. The van der Waals surface area contributed by atoms with Gasteiger partial charge in [-0.05, 0) is 36.7 Å². The van der Waals surface area contributed by atoms with E-state index in [1.165, 1.54) is 15.6 Å². The van der Waals surface area contributed by atoms with Crippen LogP contribution in [0.4, 0.5) is 0 Å². The lowest BCUT2D eigenvalue weighted by Gasteiger charge is -2.19. The lowest BCUT2D eigenvalue weighted by Crippen LogP contribution is -2.23. The van der Waals surface area contributed by atoms with Gasteiger partial charge in [-0.3, -0.25) is 0 Å². The predicted molar refractivity (Wildman–Crippen MR) is 77.7 cm³/mol. The van der Waals surface area contributed by atoms with Gasteiger partial charge >= 0.3 is 0 Å². The summed E-state index contributed by atoms with van der Waals surface area (Å²) in [6, 6.07) is 10.6. The third-order valence-corrected chi connectivity index (χ3v) is 4.12. The first-order valence-corrected chi connectivity index (χ1v) is 7.02. The fourth-order valence-electron chi connectivity index (χ4n) is 2.11. The van der Waals surface area contributed by atoms with Gasteiger partial charge in [0.15, 0.2) is 0 Å². The maximum atomic E-state index is 5.45. The number of rotatable bonds is 5. The number of nitrogens with one attached hydrogen (secondary N) is 1. The zero-order valence-corrected chi connectivity index (χ0v) is 12.3. The Balaban J connectivity index is 2.26. The van der Waals surface area contributed by atoms with Gasteiger partial charge in [0, 0.05) is 16.9 Å². The highest BCUT2D eigenvalue weighted by Crippen LogP contribution is 2.28. The van der Waals surface area contributed by atoms with Crippen molar-refractivity contribution in [2.45, 2.75) is 26.3 Å². The summed E-state index contributed by atoms with van der Waals surface area (Å²) in [4.78, 5) is 0. The number of hydrogen-bond acceptors (Lipinski definition) is 2. The molecule has 0 spiro atoms. The van der Waals surface area contributed by atoms with Gasteiger partial charge in [0.1, 0.15) is 5.76 Å². The van der Waals surface area contributed by atoms with Crippen molar-refractivity contribution < 1.29 is 4.42 Å². The molecular formula is C15H18BrNO. The van der Waals surface area contributed by atoms with Crippen LogP contribution in [0.2, 0.25) is 0 Å². The number of aryl methyl sites for hydroxylation is 1. The van der Waals surface area contributed by atoms with Crippen molar-refractivity contribution in [3.05, 3.63) is 58.0 Å². The van der Waals surface area contributed by atoms with Gasteiger partial charge in [-0.1, -0.05) is 41.1 Å². The van der Waals surface area contributed by atoms with Gasteiger partial charge in [-0.15, -0.1) is 0 Å². The Morgan fingerprint density at radius 3 is 2.78 bits per heavy atom. The molecule has 0 aliphatic heterocycles. The van der Waals surface area contributed by atoms with Crippen LogP contribution in [0.25, 0.3) is 0 Å². The van der Waals surface area contributed by atoms with Crippen molar-refractivity contribution in [3.63, 3.8) is 0 Å². The van der Waals surface area contributed by atoms with Crippen molar-refractivity contribution in [2.24, 2.45) is 0 Å². The third kappa shape index (κ3) is 3.03. The van der Waals surface area contributed by atoms with E-state index in [2.05, 4.69) is 53.3 Å². The number of furan rings is 1. The van der Waals surface area contributed by atoms with Crippen molar-refractivity contribution in [2.75, 3.05) is 6.54 Å². The summed E-state index contributed by atoms with van der Waals surface area (Å²) in [6.07, 6.45) is 2.59. The third-order valence-electron chi connectivity index (χ3n) is 3.03. The van der Waals surface area contributed by atoms with Crippen LogP contribution < -0.4 is 5.32 Å². The summed E-state index contributed by atoms with van der Waals surface area (Å²) >= 11 is 3.68. The molecule has 0 fully saturated rings. The molecule has 1 heterocycles. The molecule has 3 heteroatoms. The number of benzene rings is 1. The Kier molecular flexibility index (Phi) is 4.61. The molecular weight excluding hydrogens is 290 g/mol. The van der Waals surface area contributed by atoms with E-state index in [0.29, 0.717) is 0 Å². The van der Waals surface area contributed by atoms with Crippen LogP contribution in [0.15, 0.2) is 45.5 Å². The molecule has 0 saturated heterocycles. The molecule has 1 N–H and O–H groups in total. The maximum Gasteiger partial charge on any atom is 0.105 e. The molecule has 1 unspecified atom stereocenters. The van der Waals surface area contributed by atoms with Crippen molar-refractivity contribution in [1.29, 1.82) is 0 Å². The average Bonchev–Trinajstić information content (AvgIpc) is 2.85. The molecule has 2 rings (SSSR count). The van der Waals surface area contributed by atoms with Gasteiger partial charge in [-0.2, -0.15) is 0 Å². The largest absolute Gasteiger partial charge is 0.469 e. The smallest absolute Gasteiger partial charge is 0.105 e. The molecule has 1 aromatic carbocycles. The summed E-state index contributed by atoms with van der Waals surface area (Å²) in [5.74, 6) is 1.01. The molecule has 2 aromatic rings. The molecule has 1 atom stereocenters. The van der Waals surface area contributed by atoms with Crippen LogP contribution in [0.5, 0.6) is 0 Å². The van der Waals surface area contributed by atoms with Crippen LogP contribution in [0.3, 0.4) is 0 Å². The van der Waals surface area contributed by atoms with Crippen molar-refractivity contribution in [3.8, 4) is 0 Å². The van der Waals surface area contributed by atoms with Crippen LogP contribution in [-0.4, -0.2) is 6.54 Å². The van der Waals surface area contributed by atoms with Gasteiger partial charge < -0.3 is 9.73 Å². The van der Waals surface area contributed by atoms with Crippen LogP contribution in [0, 0.1) is 6.92 Å². The SMILES string of the molecule is CCNC(Cc1ccco1)c1cccc(C)c1Br. The summed E-state index contributed by atoms with van der Waals surface area (Å²) < 4.78 is 6.63. The number of likely N-dealkylation sites (N-methyl/N-ethyl adjacent to an activating group) is 1. The molecule has 0 aliphatic carbocycles. The Hall–Kier alpha value is -1.06. The molecule has 0 aliphatic rings. The van der Waals surface area contributed by atoms with Crippen LogP contribution >= 0.6 is 15.9 Å². The highest BCUT2D eigenvalue weighted by atomic mass is 79.9. The van der Waals surface area contributed by atoms with Gasteiger partial charge in [0.25, 0.3) is 0 Å². The van der Waals surface area contributed by atoms with E-state index in [4.69, 9.17) is 4.42 Å². The minimum atomic E-state index is 0.274. The highest BCUT2D eigenvalue weighted by molar-refractivity contribution is 9.10. The Morgan fingerprint density at radius 2 is 2.11 bits per heavy atom. The molecule has 0 radical (unpaired) electrons. The number of hydrogen-bond donors (Lipinski definition) is 1. The molecule has 0 saturated carbocycles. The van der Waals surface area contributed by atoms with E-state index in [1.54, 1.807) is 6.26 Å². The minimum absolute atomic E-state index is 0.274. The predicted octanol–water partition coefficient (Wildman–Crippen LogP) is 4.24. The zero-order chi connectivity index (χ0) is 13.0. The summed E-state index contributed by atoms with van der Waals surface area (Å²) in [5.41, 5.74) is 2.54. The Labute approximate surface area is 117 Å². The van der Waals surface area contributed by atoms with E-state index in [9.17, 15) is 0 Å². The minimum Gasteiger partial charge on any atom is -0.469 e. The average molecular weight is 308 g/mol. The summed E-state index contributed by atoms with van der Waals surface area (Å²) in [7, 11) is 0. The van der Waals surface area contributed by atoms with Crippen LogP contribution in [-0.2, 0) is 6.42 Å². The standard InChI is InChI=1S/C15H18BrNO/c1-3-17-14(10-12-7-5-9-18-12)13-8-4-6-11(2)15(13)16/h4-9,14,17H,3,10H2,1-2H3. The first-order valence-electron chi connectivity index (χ1n) is 6.23. The molecule has 0 bridgehead atoms. The van der Waals surface area contributed by atoms with E-state index in [0.717, 1.165) is 18.7 Å². The maximum absolute atomic E-state index is 5.45. The van der Waals surface area contributed by atoms with Crippen molar-refractivity contribution >= 4 is 15.9 Å². The second-order valence-electron chi connectivity index (χ2n) is 4.37. The van der Waals surface area contributed by atoms with Gasteiger partial charge in [0.2, 0.25) is 0 Å². The lowest BCUT2D eigenvalue weighted by atomic mass is 10.0. The molecule has 2 nitrogen and oxygen atoms in total.